The number of benzene rings is 1. The van der Waals surface area contributed by atoms with Crippen molar-refractivity contribution in [3.8, 4) is 11.4 Å². The predicted octanol–water partition coefficient (Wildman–Crippen LogP) is 4.85. The number of carboxylic acid groups (broad SMARTS) is 1. The monoisotopic (exact) mass is 423 g/mol. The predicted molar refractivity (Wildman–Crippen MR) is 103 cm³/mol. The highest BCUT2D eigenvalue weighted by molar-refractivity contribution is 6.33. The van der Waals surface area contributed by atoms with Gasteiger partial charge in [0.15, 0.2) is 11.5 Å². The van der Waals surface area contributed by atoms with Gasteiger partial charge >= 0.3 is 5.97 Å². The maximum atomic E-state index is 12.0. The molecule has 0 aliphatic heterocycles. The number of carbonyl (C=O) groups excluding carboxylic acids is 1. The lowest BCUT2D eigenvalue weighted by atomic mass is 10.2. The topological polar surface area (TPSA) is 85.1 Å². The van der Waals surface area contributed by atoms with Crippen molar-refractivity contribution in [1.29, 1.82) is 0 Å². The Morgan fingerprint density at radius 2 is 1.85 bits per heavy atom. The Labute approximate surface area is 169 Å². The molecule has 0 amide bonds. The Morgan fingerprint density at radius 1 is 1.11 bits per heavy atom. The minimum absolute atomic E-state index is 0.0448. The normalized spacial score (nSPS) is 10.8. The van der Waals surface area contributed by atoms with E-state index in [1.165, 1.54) is 23.9 Å². The minimum Gasteiger partial charge on any atom is -0.477 e. The number of halogens is 3. The number of hydrogen-bond acceptors (Lipinski definition) is 4. The summed E-state index contributed by atoms with van der Waals surface area (Å²) in [5, 5.41) is 10.9. The van der Waals surface area contributed by atoms with Gasteiger partial charge in [0.25, 0.3) is 0 Å². The highest BCUT2D eigenvalue weighted by Crippen LogP contribution is 2.28. The number of hydrogen-bond donors (Lipinski definition) is 1. The summed E-state index contributed by atoms with van der Waals surface area (Å²) in [4.78, 5) is 32.1. The first-order valence-electron chi connectivity index (χ1n) is 7.67. The standard InChI is InChI=1S/C18H12Cl3N3O3/c1-9(25)15-16(18(26)27)24(8-11-5-12(19)2-3-14(11)21)17(23-15)10-4-13(20)7-22-6-10/h2-7H,8H2,1H3,(H,26,27). The highest BCUT2D eigenvalue weighted by atomic mass is 35.5. The molecule has 27 heavy (non-hydrogen) atoms. The van der Waals surface area contributed by atoms with Crippen LogP contribution in [0.25, 0.3) is 11.4 Å². The van der Waals surface area contributed by atoms with E-state index in [9.17, 15) is 14.7 Å². The molecule has 0 bridgehead atoms. The van der Waals surface area contributed by atoms with Crippen LogP contribution in [0.15, 0.2) is 36.7 Å². The van der Waals surface area contributed by atoms with Gasteiger partial charge in [-0.2, -0.15) is 0 Å². The number of Topliss-reactive ketones (excluding diaryl/α,β-unsaturated/α-hetero) is 1. The Hall–Kier alpha value is -2.41. The molecule has 1 aromatic carbocycles. The number of rotatable bonds is 5. The minimum atomic E-state index is -1.29. The molecule has 0 spiro atoms. The molecular formula is C18H12Cl3N3O3. The first-order chi connectivity index (χ1) is 12.8. The molecule has 0 aliphatic carbocycles. The fourth-order valence-electron chi connectivity index (χ4n) is 2.66. The zero-order valence-electron chi connectivity index (χ0n) is 13.9. The molecule has 0 unspecified atom stereocenters. The maximum absolute atomic E-state index is 12.0. The van der Waals surface area contributed by atoms with E-state index in [4.69, 9.17) is 34.8 Å². The van der Waals surface area contributed by atoms with E-state index < -0.39 is 11.8 Å². The summed E-state index contributed by atoms with van der Waals surface area (Å²) in [6.45, 7) is 1.30. The first-order valence-corrected chi connectivity index (χ1v) is 8.81. The van der Waals surface area contributed by atoms with Crippen LogP contribution in [0.1, 0.15) is 33.5 Å². The number of carboxylic acids is 1. The quantitative estimate of drug-likeness (QED) is 0.592. The zero-order valence-corrected chi connectivity index (χ0v) is 16.2. The summed E-state index contributed by atoms with van der Waals surface area (Å²) in [6.07, 6.45) is 2.93. The van der Waals surface area contributed by atoms with E-state index in [0.29, 0.717) is 26.2 Å². The summed E-state index contributed by atoms with van der Waals surface area (Å²) in [7, 11) is 0. The lowest BCUT2D eigenvalue weighted by Crippen LogP contribution is -2.14. The van der Waals surface area contributed by atoms with Crippen LogP contribution in [0, 0.1) is 0 Å². The molecule has 0 aliphatic rings. The van der Waals surface area contributed by atoms with Crippen molar-refractivity contribution in [2.24, 2.45) is 0 Å². The van der Waals surface area contributed by atoms with E-state index in [1.807, 2.05) is 0 Å². The molecule has 6 nitrogen and oxygen atoms in total. The average molecular weight is 425 g/mol. The van der Waals surface area contributed by atoms with E-state index in [-0.39, 0.29) is 23.8 Å². The maximum Gasteiger partial charge on any atom is 0.354 e. The van der Waals surface area contributed by atoms with Gasteiger partial charge < -0.3 is 9.67 Å². The molecule has 3 rings (SSSR count). The van der Waals surface area contributed by atoms with Gasteiger partial charge in [-0.25, -0.2) is 9.78 Å². The largest absolute Gasteiger partial charge is 0.477 e. The number of ketones is 1. The molecule has 0 saturated carbocycles. The van der Waals surface area contributed by atoms with E-state index in [2.05, 4.69) is 9.97 Å². The van der Waals surface area contributed by atoms with Crippen LogP contribution < -0.4 is 0 Å². The SMILES string of the molecule is CC(=O)c1nc(-c2cncc(Cl)c2)n(Cc2cc(Cl)ccc2Cl)c1C(=O)O. The van der Waals surface area contributed by atoms with Crippen molar-refractivity contribution in [3.05, 3.63) is 68.7 Å². The van der Waals surface area contributed by atoms with Crippen molar-refractivity contribution in [1.82, 2.24) is 14.5 Å². The van der Waals surface area contributed by atoms with E-state index >= 15 is 0 Å². The molecule has 0 atom stereocenters. The van der Waals surface area contributed by atoms with Gasteiger partial charge in [-0.3, -0.25) is 9.78 Å². The molecule has 0 radical (unpaired) electrons. The van der Waals surface area contributed by atoms with Crippen LogP contribution in [0.3, 0.4) is 0 Å². The second-order valence-electron chi connectivity index (χ2n) is 5.71. The van der Waals surface area contributed by atoms with Gasteiger partial charge in [-0.05, 0) is 29.8 Å². The lowest BCUT2D eigenvalue weighted by Gasteiger charge is -2.12. The molecule has 9 heteroatoms. The third-order valence-electron chi connectivity index (χ3n) is 3.80. The molecular weight excluding hydrogens is 413 g/mol. The van der Waals surface area contributed by atoms with Gasteiger partial charge in [0, 0.05) is 34.9 Å². The number of aromatic nitrogens is 3. The van der Waals surface area contributed by atoms with Crippen LogP contribution in [0.4, 0.5) is 0 Å². The van der Waals surface area contributed by atoms with Crippen molar-refractivity contribution >= 4 is 46.6 Å². The second kappa shape index (κ2) is 7.68. The zero-order chi connectivity index (χ0) is 19.7. The first kappa shape index (κ1) is 19.4. The molecule has 2 aromatic heterocycles. The third kappa shape index (κ3) is 3.98. The second-order valence-corrected chi connectivity index (χ2v) is 6.99. The molecule has 0 saturated heterocycles. The van der Waals surface area contributed by atoms with E-state index in [1.54, 1.807) is 24.3 Å². The molecule has 2 heterocycles. The Balaban J connectivity index is 2.27. The fraction of sp³-hybridized carbons (Fsp3) is 0.111. The summed E-state index contributed by atoms with van der Waals surface area (Å²) in [6, 6.07) is 6.46. The highest BCUT2D eigenvalue weighted by Gasteiger charge is 2.26. The van der Waals surface area contributed by atoms with Crippen LogP contribution in [0.5, 0.6) is 0 Å². The fourth-order valence-corrected chi connectivity index (χ4v) is 3.20. The van der Waals surface area contributed by atoms with Crippen molar-refractivity contribution in [3.63, 3.8) is 0 Å². The van der Waals surface area contributed by atoms with Crippen LogP contribution in [0.2, 0.25) is 15.1 Å². The Kier molecular flexibility index (Phi) is 5.51. The third-order valence-corrected chi connectivity index (χ3v) is 4.61. The van der Waals surface area contributed by atoms with Crippen molar-refractivity contribution in [2.45, 2.75) is 13.5 Å². The van der Waals surface area contributed by atoms with Crippen LogP contribution in [-0.2, 0) is 6.54 Å². The lowest BCUT2D eigenvalue weighted by molar-refractivity contribution is 0.0681. The van der Waals surface area contributed by atoms with Gasteiger partial charge in [0.1, 0.15) is 11.5 Å². The molecule has 3 aromatic rings. The van der Waals surface area contributed by atoms with Gasteiger partial charge in [-0.15, -0.1) is 0 Å². The summed E-state index contributed by atoms with van der Waals surface area (Å²) in [5.41, 5.74) is 0.648. The summed E-state index contributed by atoms with van der Waals surface area (Å²) >= 11 is 18.3. The average Bonchev–Trinajstić information content (AvgIpc) is 2.98. The van der Waals surface area contributed by atoms with Crippen molar-refractivity contribution in [2.75, 3.05) is 0 Å². The number of aromatic carboxylic acids is 1. The van der Waals surface area contributed by atoms with E-state index in [0.717, 1.165) is 0 Å². The summed E-state index contributed by atoms with van der Waals surface area (Å²) < 4.78 is 1.39. The van der Waals surface area contributed by atoms with Gasteiger partial charge in [0.05, 0.1) is 11.6 Å². The number of carbonyl (C=O) groups is 2. The number of pyridine rings is 1. The van der Waals surface area contributed by atoms with Crippen LogP contribution >= 0.6 is 34.8 Å². The van der Waals surface area contributed by atoms with Crippen molar-refractivity contribution < 1.29 is 14.7 Å². The number of imidazole rings is 1. The molecule has 0 fully saturated rings. The Bertz CT molecular complexity index is 1060. The number of nitrogens with zero attached hydrogens (tertiary/aromatic N) is 3. The Morgan fingerprint density at radius 3 is 2.48 bits per heavy atom. The van der Waals surface area contributed by atoms with Gasteiger partial charge in [-0.1, -0.05) is 34.8 Å². The summed E-state index contributed by atoms with van der Waals surface area (Å²) in [5.74, 6) is -1.52. The van der Waals surface area contributed by atoms with Gasteiger partial charge in [0.2, 0.25) is 0 Å². The molecule has 138 valence electrons. The molecule has 1 N–H and O–H groups in total. The van der Waals surface area contributed by atoms with Crippen LogP contribution in [-0.4, -0.2) is 31.4 Å². The smallest absolute Gasteiger partial charge is 0.354 e.